The molecule has 4 aromatic rings. The van der Waals surface area contributed by atoms with E-state index in [1.165, 1.54) is 5.56 Å². The zero-order chi connectivity index (χ0) is 21.1. The van der Waals surface area contributed by atoms with Crippen LogP contribution in [0.1, 0.15) is 46.1 Å². The summed E-state index contributed by atoms with van der Waals surface area (Å²) in [5.74, 6) is 0.217. The van der Waals surface area contributed by atoms with Crippen LogP contribution in [0.4, 0.5) is 0 Å². The average Bonchev–Trinajstić information content (AvgIpc) is 3.17. The van der Waals surface area contributed by atoms with Gasteiger partial charge in [0.15, 0.2) is 0 Å². The Hall–Kier alpha value is -3.31. The molecule has 0 saturated carbocycles. The summed E-state index contributed by atoms with van der Waals surface area (Å²) in [4.78, 5) is 18.8. The van der Waals surface area contributed by atoms with Crippen LogP contribution in [0, 0.1) is 6.92 Å². The first-order chi connectivity index (χ1) is 14.5. The molecule has 0 unspecified atom stereocenters. The Morgan fingerprint density at radius 3 is 2.57 bits per heavy atom. The van der Waals surface area contributed by atoms with Gasteiger partial charge in [-0.15, -0.1) is 11.3 Å². The van der Waals surface area contributed by atoms with E-state index in [-0.39, 0.29) is 5.91 Å². The third kappa shape index (κ3) is 4.16. The minimum Gasteiger partial charge on any atom is -0.267 e. The molecule has 0 bridgehead atoms. The Morgan fingerprint density at radius 1 is 1.10 bits per heavy atom. The molecule has 0 radical (unpaired) electrons. The minimum absolute atomic E-state index is 0.251. The molecule has 1 amide bonds. The fourth-order valence-corrected chi connectivity index (χ4v) is 4.06. The molecule has 0 saturated heterocycles. The van der Waals surface area contributed by atoms with Crippen molar-refractivity contribution >= 4 is 34.4 Å². The SMILES string of the molecule is Cc1ccsc1/C=N\NC(=O)c1cc(-c2ccc(C(C)C)cc2)nc2ccccc12. The van der Waals surface area contributed by atoms with E-state index in [4.69, 9.17) is 4.98 Å². The van der Waals surface area contributed by atoms with Gasteiger partial charge in [0.1, 0.15) is 0 Å². The lowest BCUT2D eigenvalue weighted by Crippen LogP contribution is -2.18. The number of hydrogen-bond acceptors (Lipinski definition) is 4. The third-order valence-corrected chi connectivity index (χ3v) is 6.04. The lowest BCUT2D eigenvalue weighted by atomic mass is 9.99. The van der Waals surface area contributed by atoms with Crippen LogP contribution < -0.4 is 5.43 Å². The summed E-state index contributed by atoms with van der Waals surface area (Å²) >= 11 is 1.59. The largest absolute Gasteiger partial charge is 0.272 e. The molecular formula is C25H23N3OS. The second kappa shape index (κ2) is 8.59. The Labute approximate surface area is 180 Å². The van der Waals surface area contributed by atoms with E-state index >= 15 is 0 Å². The highest BCUT2D eigenvalue weighted by molar-refractivity contribution is 7.11. The molecule has 4 nitrogen and oxygen atoms in total. The van der Waals surface area contributed by atoms with Crippen LogP contribution in [0.2, 0.25) is 0 Å². The summed E-state index contributed by atoms with van der Waals surface area (Å²) in [5, 5.41) is 6.97. The predicted octanol–water partition coefficient (Wildman–Crippen LogP) is 6.16. The van der Waals surface area contributed by atoms with Gasteiger partial charge in [-0.05, 0) is 47.5 Å². The van der Waals surface area contributed by atoms with Crippen molar-refractivity contribution in [2.24, 2.45) is 5.10 Å². The van der Waals surface area contributed by atoms with Gasteiger partial charge < -0.3 is 0 Å². The molecule has 30 heavy (non-hydrogen) atoms. The molecular weight excluding hydrogens is 390 g/mol. The maximum absolute atomic E-state index is 12.9. The number of hydrogen-bond donors (Lipinski definition) is 1. The molecule has 1 N–H and O–H groups in total. The second-order valence-electron chi connectivity index (χ2n) is 7.52. The van der Waals surface area contributed by atoms with Crippen molar-refractivity contribution in [2.75, 3.05) is 0 Å². The standard InChI is InChI=1S/C25H23N3OS/c1-16(2)18-8-10-19(11-9-18)23-14-21(20-6-4-5-7-22(20)27-23)25(29)28-26-15-24-17(3)12-13-30-24/h4-16H,1-3H3,(H,28,29)/b26-15-. The molecule has 5 heteroatoms. The van der Waals surface area contributed by atoms with Gasteiger partial charge in [-0.25, -0.2) is 10.4 Å². The molecule has 2 aromatic heterocycles. The number of hydrazone groups is 1. The van der Waals surface area contributed by atoms with Crippen LogP contribution in [0.3, 0.4) is 0 Å². The molecule has 0 aliphatic carbocycles. The first kappa shape index (κ1) is 20.0. The van der Waals surface area contributed by atoms with Crippen LogP contribution in [-0.2, 0) is 0 Å². The van der Waals surface area contributed by atoms with Crippen molar-refractivity contribution < 1.29 is 4.79 Å². The summed E-state index contributed by atoms with van der Waals surface area (Å²) in [6.45, 7) is 6.36. The number of aryl methyl sites for hydroxylation is 1. The summed E-state index contributed by atoms with van der Waals surface area (Å²) in [7, 11) is 0. The third-order valence-electron chi connectivity index (χ3n) is 5.08. The summed E-state index contributed by atoms with van der Waals surface area (Å²) in [5.41, 5.74) is 8.18. The monoisotopic (exact) mass is 413 g/mol. The number of aromatic nitrogens is 1. The van der Waals surface area contributed by atoms with Crippen molar-refractivity contribution in [1.82, 2.24) is 10.4 Å². The van der Waals surface area contributed by atoms with Crippen LogP contribution in [0.5, 0.6) is 0 Å². The van der Waals surface area contributed by atoms with Crippen LogP contribution in [0.25, 0.3) is 22.2 Å². The number of fused-ring (bicyclic) bond motifs is 1. The number of thiophene rings is 1. The van der Waals surface area contributed by atoms with E-state index in [9.17, 15) is 4.79 Å². The zero-order valence-corrected chi connectivity index (χ0v) is 18.0. The highest BCUT2D eigenvalue weighted by Gasteiger charge is 2.14. The van der Waals surface area contributed by atoms with Crippen molar-refractivity contribution in [3.8, 4) is 11.3 Å². The van der Waals surface area contributed by atoms with Gasteiger partial charge in [0.05, 0.1) is 23.0 Å². The molecule has 0 atom stereocenters. The van der Waals surface area contributed by atoms with Gasteiger partial charge in [-0.3, -0.25) is 4.79 Å². The molecule has 0 aliphatic heterocycles. The summed E-state index contributed by atoms with van der Waals surface area (Å²) < 4.78 is 0. The van der Waals surface area contributed by atoms with Crippen LogP contribution in [-0.4, -0.2) is 17.1 Å². The van der Waals surface area contributed by atoms with Gasteiger partial charge >= 0.3 is 0 Å². The van der Waals surface area contributed by atoms with Gasteiger partial charge in [0.2, 0.25) is 0 Å². The minimum atomic E-state index is -0.251. The first-order valence-corrected chi connectivity index (χ1v) is 10.8. The molecule has 2 aromatic carbocycles. The van der Waals surface area contributed by atoms with Gasteiger partial charge in [-0.2, -0.15) is 5.10 Å². The zero-order valence-electron chi connectivity index (χ0n) is 17.2. The molecule has 4 rings (SSSR count). The van der Waals surface area contributed by atoms with E-state index < -0.39 is 0 Å². The summed E-state index contributed by atoms with van der Waals surface area (Å²) in [6.07, 6.45) is 1.69. The van der Waals surface area contributed by atoms with Gasteiger partial charge in [0, 0.05) is 15.8 Å². The number of benzene rings is 2. The molecule has 150 valence electrons. The number of rotatable bonds is 5. The Morgan fingerprint density at radius 2 is 1.87 bits per heavy atom. The fourth-order valence-electron chi connectivity index (χ4n) is 3.28. The Balaban J connectivity index is 1.68. The molecule has 0 aliphatic rings. The Kier molecular flexibility index (Phi) is 5.72. The number of pyridine rings is 1. The fraction of sp³-hybridized carbons (Fsp3) is 0.160. The van der Waals surface area contributed by atoms with E-state index in [0.717, 1.165) is 32.6 Å². The van der Waals surface area contributed by atoms with E-state index in [1.807, 2.05) is 48.7 Å². The topological polar surface area (TPSA) is 54.4 Å². The molecule has 2 heterocycles. The van der Waals surface area contributed by atoms with Gasteiger partial charge in [-0.1, -0.05) is 56.3 Å². The molecule has 0 fully saturated rings. The maximum Gasteiger partial charge on any atom is 0.272 e. The van der Waals surface area contributed by atoms with E-state index in [2.05, 4.69) is 48.6 Å². The maximum atomic E-state index is 12.9. The highest BCUT2D eigenvalue weighted by atomic mass is 32.1. The number of nitrogens with zero attached hydrogens (tertiary/aromatic N) is 2. The van der Waals surface area contributed by atoms with Crippen LogP contribution >= 0.6 is 11.3 Å². The number of para-hydroxylation sites is 1. The van der Waals surface area contributed by atoms with E-state index in [0.29, 0.717) is 11.5 Å². The number of carbonyl (C=O) groups excluding carboxylic acids is 1. The predicted molar refractivity (Wildman–Crippen MR) is 125 cm³/mol. The lowest BCUT2D eigenvalue weighted by molar-refractivity contribution is 0.0956. The number of nitrogens with one attached hydrogen (secondary N) is 1. The highest BCUT2D eigenvalue weighted by Crippen LogP contribution is 2.26. The smallest absolute Gasteiger partial charge is 0.267 e. The number of amides is 1. The van der Waals surface area contributed by atoms with Gasteiger partial charge in [0.25, 0.3) is 5.91 Å². The Bertz CT molecular complexity index is 1220. The second-order valence-corrected chi connectivity index (χ2v) is 8.46. The number of carbonyl (C=O) groups is 1. The molecule has 0 spiro atoms. The first-order valence-electron chi connectivity index (χ1n) is 9.90. The van der Waals surface area contributed by atoms with Crippen LogP contribution in [0.15, 0.2) is 71.1 Å². The van der Waals surface area contributed by atoms with Crippen molar-refractivity contribution in [3.63, 3.8) is 0 Å². The quantitative estimate of drug-likeness (QED) is 0.315. The lowest BCUT2D eigenvalue weighted by Gasteiger charge is -2.10. The normalized spacial score (nSPS) is 11.5. The van der Waals surface area contributed by atoms with Crippen molar-refractivity contribution in [2.45, 2.75) is 26.7 Å². The van der Waals surface area contributed by atoms with E-state index in [1.54, 1.807) is 17.6 Å². The van der Waals surface area contributed by atoms with Crippen molar-refractivity contribution in [3.05, 3.63) is 87.6 Å². The van der Waals surface area contributed by atoms with Crippen molar-refractivity contribution in [1.29, 1.82) is 0 Å². The average molecular weight is 414 g/mol. The summed E-state index contributed by atoms with van der Waals surface area (Å²) in [6, 6.07) is 19.9.